The van der Waals surface area contributed by atoms with Crippen LogP contribution in [0.3, 0.4) is 0 Å². The van der Waals surface area contributed by atoms with Gasteiger partial charge in [0.25, 0.3) is 0 Å². The maximum absolute atomic E-state index is 11.7. The van der Waals surface area contributed by atoms with Crippen LogP contribution in [0.1, 0.15) is 19.4 Å². The van der Waals surface area contributed by atoms with E-state index in [-0.39, 0.29) is 17.4 Å². The van der Waals surface area contributed by atoms with Crippen molar-refractivity contribution in [2.24, 2.45) is 0 Å². The van der Waals surface area contributed by atoms with E-state index in [4.69, 9.17) is 16.3 Å². The third-order valence-corrected chi connectivity index (χ3v) is 4.24. The predicted molar refractivity (Wildman–Crippen MR) is 77.5 cm³/mol. The number of carbonyl (C=O) groups excluding carboxylic acids is 1. The minimum absolute atomic E-state index is 0.161. The Bertz CT molecular complexity index is 586. The molecule has 7 heteroatoms. The van der Waals surface area contributed by atoms with Crippen LogP contribution in [0.2, 0.25) is 5.02 Å². The molecule has 0 aliphatic carbocycles. The number of sulfone groups is 1. The summed E-state index contributed by atoms with van der Waals surface area (Å²) < 4.78 is 28.3. The molecule has 1 atom stereocenters. The fraction of sp³-hybridized carbons (Fsp3) is 0.462. The van der Waals surface area contributed by atoms with Crippen molar-refractivity contribution in [1.82, 2.24) is 5.32 Å². The van der Waals surface area contributed by atoms with Gasteiger partial charge in [-0.25, -0.2) is 8.42 Å². The lowest BCUT2D eigenvalue weighted by atomic mass is 10.2. The van der Waals surface area contributed by atoms with Crippen LogP contribution < -0.4 is 5.32 Å². The Morgan fingerprint density at radius 2 is 2.10 bits per heavy atom. The molecular formula is C13H18ClNO4S. The third-order valence-electron chi connectivity index (χ3n) is 2.70. The molecule has 5 nitrogen and oxygen atoms in total. The van der Waals surface area contributed by atoms with Crippen LogP contribution >= 0.6 is 11.6 Å². The van der Waals surface area contributed by atoms with Gasteiger partial charge in [0.2, 0.25) is 0 Å². The van der Waals surface area contributed by atoms with Crippen molar-refractivity contribution in [1.29, 1.82) is 0 Å². The summed E-state index contributed by atoms with van der Waals surface area (Å²) in [4.78, 5) is 11.7. The number of hydrogen-bond acceptors (Lipinski definition) is 5. The van der Waals surface area contributed by atoms with E-state index >= 15 is 0 Å². The van der Waals surface area contributed by atoms with Gasteiger partial charge in [-0.2, -0.15) is 0 Å². The highest BCUT2D eigenvalue weighted by Gasteiger charge is 2.18. The number of ether oxygens (including phenoxy) is 1. The van der Waals surface area contributed by atoms with Crippen LogP contribution in [-0.2, 0) is 25.9 Å². The zero-order valence-electron chi connectivity index (χ0n) is 11.6. The lowest BCUT2D eigenvalue weighted by Gasteiger charge is -2.15. The smallest absolute Gasteiger partial charge is 0.322 e. The molecule has 0 bridgehead atoms. The number of benzene rings is 1. The summed E-state index contributed by atoms with van der Waals surface area (Å²) in [5.74, 6) is -0.388. The first-order valence-electron chi connectivity index (χ1n) is 6.14. The molecule has 0 aliphatic rings. The fourth-order valence-corrected chi connectivity index (χ4v) is 2.92. The maximum Gasteiger partial charge on any atom is 0.322 e. The van der Waals surface area contributed by atoms with Gasteiger partial charge in [-0.15, -0.1) is 0 Å². The van der Waals surface area contributed by atoms with Crippen LogP contribution in [-0.4, -0.2) is 33.3 Å². The first-order chi connectivity index (χ1) is 9.27. The normalized spacial score (nSPS) is 13.0. The van der Waals surface area contributed by atoms with E-state index < -0.39 is 15.9 Å². The van der Waals surface area contributed by atoms with Crippen LogP contribution in [0.15, 0.2) is 23.1 Å². The van der Waals surface area contributed by atoms with Gasteiger partial charge in [-0.05, 0) is 26.0 Å². The second-order valence-corrected chi connectivity index (χ2v) is 6.73. The van der Waals surface area contributed by atoms with Crippen molar-refractivity contribution >= 4 is 27.4 Å². The number of halogens is 1. The van der Waals surface area contributed by atoms with Crippen molar-refractivity contribution < 1.29 is 17.9 Å². The first kappa shape index (κ1) is 16.9. The molecule has 0 aromatic heterocycles. The molecule has 112 valence electrons. The second-order valence-electron chi connectivity index (χ2n) is 4.34. The molecule has 1 rings (SSSR count). The third kappa shape index (κ3) is 4.47. The Morgan fingerprint density at radius 1 is 1.45 bits per heavy atom. The standard InChI is InChI=1S/C13H18ClNO4S/c1-4-19-13(16)9(2)15-8-10-11(14)6-5-7-12(10)20(3,17)18/h5-7,9,15H,4,8H2,1-3H3. The Labute approximate surface area is 124 Å². The molecule has 0 aliphatic heterocycles. The van der Waals surface area contributed by atoms with Gasteiger partial charge in [0, 0.05) is 23.4 Å². The minimum Gasteiger partial charge on any atom is -0.465 e. The van der Waals surface area contributed by atoms with E-state index in [0.29, 0.717) is 17.2 Å². The Hall–Kier alpha value is -1.11. The van der Waals surface area contributed by atoms with Crippen molar-refractivity contribution in [3.8, 4) is 0 Å². The quantitative estimate of drug-likeness (QED) is 0.809. The van der Waals surface area contributed by atoms with Gasteiger partial charge in [0.15, 0.2) is 9.84 Å². The number of rotatable bonds is 6. The van der Waals surface area contributed by atoms with Crippen molar-refractivity contribution in [2.75, 3.05) is 12.9 Å². The van der Waals surface area contributed by atoms with Crippen LogP contribution in [0.25, 0.3) is 0 Å². The number of carbonyl (C=O) groups is 1. The Morgan fingerprint density at radius 3 is 2.65 bits per heavy atom. The van der Waals surface area contributed by atoms with E-state index in [1.54, 1.807) is 26.0 Å². The molecule has 0 amide bonds. The minimum atomic E-state index is -3.37. The van der Waals surface area contributed by atoms with Gasteiger partial charge >= 0.3 is 5.97 Å². The summed E-state index contributed by atoms with van der Waals surface area (Å²) in [7, 11) is -3.37. The van der Waals surface area contributed by atoms with E-state index in [2.05, 4.69) is 5.32 Å². The van der Waals surface area contributed by atoms with E-state index in [0.717, 1.165) is 6.26 Å². The summed E-state index contributed by atoms with van der Waals surface area (Å²) in [5, 5.41) is 3.26. The monoisotopic (exact) mass is 319 g/mol. The highest BCUT2D eigenvalue weighted by atomic mass is 35.5. The molecule has 0 saturated carbocycles. The second kappa shape index (κ2) is 7.06. The van der Waals surface area contributed by atoms with Crippen molar-refractivity contribution in [3.05, 3.63) is 28.8 Å². The molecule has 0 heterocycles. The Kier molecular flexibility index (Phi) is 5.98. The fourth-order valence-electron chi connectivity index (χ4n) is 1.66. The number of esters is 1. The summed E-state index contributed by atoms with van der Waals surface area (Å²) in [6.45, 7) is 3.84. The van der Waals surface area contributed by atoms with Crippen molar-refractivity contribution in [3.63, 3.8) is 0 Å². The highest BCUT2D eigenvalue weighted by Crippen LogP contribution is 2.23. The zero-order valence-corrected chi connectivity index (χ0v) is 13.2. The first-order valence-corrected chi connectivity index (χ1v) is 8.41. The summed E-state index contributed by atoms with van der Waals surface area (Å²) in [5.41, 5.74) is 0.452. The van der Waals surface area contributed by atoms with Crippen LogP contribution in [0.5, 0.6) is 0 Å². The average Bonchev–Trinajstić information content (AvgIpc) is 2.35. The zero-order chi connectivity index (χ0) is 15.3. The molecule has 20 heavy (non-hydrogen) atoms. The Balaban J connectivity index is 2.91. The molecule has 0 radical (unpaired) electrons. The van der Waals surface area contributed by atoms with E-state index in [1.165, 1.54) is 6.07 Å². The topological polar surface area (TPSA) is 72.5 Å². The van der Waals surface area contributed by atoms with Crippen molar-refractivity contribution in [2.45, 2.75) is 31.3 Å². The lowest BCUT2D eigenvalue weighted by molar-refractivity contribution is -0.145. The molecule has 0 saturated heterocycles. The van der Waals surface area contributed by atoms with Gasteiger partial charge in [-0.1, -0.05) is 17.7 Å². The van der Waals surface area contributed by atoms with Gasteiger partial charge < -0.3 is 10.1 Å². The SMILES string of the molecule is CCOC(=O)C(C)NCc1c(Cl)cccc1S(C)(=O)=O. The van der Waals surface area contributed by atoms with Gasteiger partial charge in [0.1, 0.15) is 6.04 Å². The van der Waals surface area contributed by atoms with E-state index in [1.807, 2.05) is 0 Å². The predicted octanol–water partition coefficient (Wildman–Crippen LogP) is 1.78. The molecule has 0 spiro atoms. The summed E-state index contributed by atoms with van der Waals surface area (Å²) in [6.07, 6.45) is 1.12. The van der Waals surface area contributed by atoms with E-state index in [9.17, 15) is 13.2 Å². The van der Waals surface area contributed by atoms with Crippen LogP contribution in [0.4, 0.5) is 0 Å². The molecule has 1 N–H and O–H groups in total. The van der Waals surface area contributed by atoms with Crippen LogP contribution in [0, 0.1) is 0 Å². The van der Waals surface area contributed by atoms with Gasteiger partial charge in [0.05, 0.1) is 11.5 Å². The highest BCUT2D eigenvalue weighted by molar-refractivity contribution is 7.90. The summed E-state index contributed by atoms with van der Waals surface area (Å²) >= 11 is 6.04. The molecule has 1 aromatic carbocycles. The molecule has 0 fully saturated rings. The number of hydrogen-bond donors (Lipinski definition) is 1. The number of nitrogens with one attached hydrogen (secondary N) is 1. The largest absolute Gasteiger partial charge is 0.465 e. The average molecular weight is 320 g/mol. The van der Waals surface area contributed by atoms with Gasteiger partial charge in [-0.3, -0.25) is 4.79 Å². The molecule has 1 aromatic rings. The maximum atomic E-state index is 11.7. The lowest BCUT2D eigenvalue weighted by Crippen LogP contribution is -2.35. The summed E-state index contributed by atoms with van der Waals surface area (Å²) in [6, 6.07) is 4.14. The molecular weight excluding hydrogens is 302 g/mol. The molecule has 1 unspecified atom stereocenters.